The smallest absolute Gasteiger partial charge is 0.307 e. The molecule has 0 saturated carbocycles. The zero-order valence-electron chi connectivity index (χ0n) is 12.6. The summed E-state index contributed by atoms with van der Waals surface area (Å²) in [5.74, 6) is -0.609. The zero-order valence-corrected chi connectivity index (χ0v) is 12.6. The first-order valence-corrected chi connectivity index (χ1v) is 7.25. The van der Waals surface area contributed by atoms with E-state index in [1.54, 1.807) is 0 Å². The number of rotatable bonds is 4. The molecule has 2 aromatic carbocycles. The number of aromatic nitrogens is 1. The van der Waals surface area contributed by atoms with Crippen LogP contribution in [0.1, 0.15) is 17.0 Å². The standard InChI is InChI=1S/C18H15N3O2/c1-20-12-15(14-9-5-6-10-16(14)20)18(17(11-19)21(22)23)13-7-3-2-4-8-13/h2-10,12,17-18H,1H3/t17-,18+/m0/s1. The van der Waals surface area contributed by atoms with E-state index in [0.29, 0.717) is 0 Å². The Morgan fingerprint density at radius 3 is 2.43 bits per heavy atom. The lowest BCUT2D eigenvalue weighted by molar-refractivity contribution is -0.509. The van der Waals surface area contributed by atoms with Gasteiger partial charge in [-0.3, -0.25) is 10.1 Å². The molecule has 1 heterocycles. The van der Waals surface area contributed by atoms with Gasteiger partial charge in [0.2, 0.25) is 0 Å². The van der Waals surface area contributed by atoms with Crippen molar-refractivity contribution in [3.8, 4) is 6.07 Å². The minimum atomic E-state index is -1.33. The fourth-order valence-electron chi connectivity index (χ4n) is 3.06. The van der Waals surface area contributed by atoms with Crippen LogP contribution in [0, 0.1) is 21.4 Å². The molecule has 0 aliphatic carbocycles. The second-order valence-corrected chi connectivity index (χ2v) is 5.46. The second-order valence-electron chi connectivity index (χ2n) is 5.46. The third kappa shape index (κ3) is 2.55. The highest BCUT2D eigenvalue weighted by atomic mass is 16.6. The SMILES string of the molecule is Cn1cc([C@@H](c2ccccc2)[C@H](C#N)[N+](=O)[O-])c2ccccc21. The van der Waals surface area contributed by atoms with E-state index in [-0.39, 0.29) is 0 Å². The number of benzene rings is 2. The fourth-order valence-corrected chi connectivity index (χ4v) is 3.06. The molecule has 0 bridgehead atoms. The Bertz CT molecular complexity index is 894. The first kappa shape index (κ1) is 14.8. The molecule has 0 saturated heterocycles. The van der Waals surface area contributed by atoms with Crippen molar-refractivity contribution < 1.29 is 4.92 Å². The summed E-state index contributed by atoms with van der Waals surface area (Å²) < 4.78 is 1.94. The number of aryl methyl sites for hydroxylation is 1. The Labute approximate surface area is 133 Å². The molecule has 3 rings (SSSR count). The van der Waals surface area contributed by atoms with Crippen molar-refractivity contribution in [2.45, 2.75) is 12.0 Å². The first-order chi connectivity index (χ1) is 11.1. The average molecular weight is 305 g/mol. The number of nitrogens with zero attached hydrogens (tertiary/aromatic N) is 3. The second kappa shape index (κ2) is 5.93. The monoisotopic (exact) mass is 305 g/mol. The van der Waals surface area contributed by atoms with Gasteiger partial charge < -0.3 is 4.57 Å². The Morgan fingerprint density at radius 1 is 1.13 bits per heavy atom. The van der Waals surface area contributed by atoms with Crippen LogP contribution in [0.3, 0.4) is 0 Å². The van der Waals surface area contributed by atoms with Gasteiger partial charge in [-0.15, -0.1) is 0 Å². The van der Waals surface area contributed by atoms with Crippen molar-refractivity contribution >= 4 is 10.9 Å². The van der Waals surface area contributed by atoms with Gasteiger partial charge in [-0.05, 0) is 17.2 Å². The molecule has 5 nitrogen and oxygen atoms in total. The van der Waals surface area contributed by atoms with E-state index < -0.39 is 16.9 Å². The lowest BCUT2D eigenvalue weighted by Gasteiger charge is -2.16. The Balaban J connectivity index is 2.27. The molecule has 0 aliphatic heterocycles. The molecule has 5 heteroatoms. The maximum Gasteiger partial charge on any atom is 0.307 e. The van der Waals surface area contributed by atoms with Crippen molar-refractivity contribution in [2.24, 2.45) is 7.05 Å². The molecule has 1 aromatic heterocycles. The minimum absolute atomic E-state index is 0.501. The van der Waals surface area contributed by atoms with E-state index >= 15 is 0 Å². The fraction of sp³-hybridized carbons (Fsp3) is 0.167. The lowest BCUT2D eigenvalue weighted by Crippen LogP contribution is -2.26. The van der Waals surface area contributed by atoms with Gasteiger partial charge in [-0.25, -0.2) is 0 Å². The predicted octanol–water partition coefficient (Wildman–Crippen LogP) is 3.48. The van der Waals surface area contributed by atoms with Gasteiger partial charge in [0.25, 0.3) is 0 Å². The number of nitro groups is 1. The summed E-state index contributed by atoms with van der Waals surface area (Å²) in [6, 6.07) is 17.5. The number of fused-ring (bicyclic) bond motifs is 1. The molecule has 0 N–H and O–H groups in total. The Hall–Kier alpha value is -3.13. The van der Waals surface area contributed by atoms with Crippen LogP contribution in [0.25, 0.3) is 10.9 Å². The molecule has 0 spiro atoms. The van der Waals surface area contributed by atoms with Gasteiger partial charge in [0, 0.05) is 29.1 Å². The summed E-state index contributed by atoms with van der Waals surface area (Å²) in [5.41, 5.74) is 2.56. The largest absolute Gasteiger partial charge is 0.350 e. The van der Waals surface area contributed by atoms with E-state index in [1.165, 1.54) is 0 Å². The van der Waals surface area contributed by atoms with Crippen molar-refractivity contribution in [1.82, 2.24) is 4.57 Å². The molecule has 114 valence electrons. The van der Waals surface area contributed by atoms with Crippen LogP contribution in [-0.2, 0) is 7.05 Å². The van der Waals surface area contributed by atoms with Crippen LogP contribution < -0.4 is 0 Å². The van der Waals surface area contributed by atoms with Gasteiger partial charge in [0.15, 0.2) is 0 Å². The predicted molar refractivity (Wildman–Crippen MR) is 87.6 cm³/mol. The summed E-state index contributed by atoms with van der Waals surface area (Å²) in [6.07, 6.45) is 1.89. The topological polar surface area (TPSA) is 71.9 Å². The molecular formula is C18H15N3O2. The minimum Gasteiger partial charge on any atom is -0.350 e. The van der Waals surface area contributed by atoms with E-state index in [4.69, 9.17) is 0 Å². The van der Waals surface area contributed by atoms with Gasteiger partial charge >= 0.3 is 6.04 Å². The van der Waals surface area contributed by atoms with Crippen molar-refractivity contribution in [2.75, 3.05) is 0 Å². The number of hydrogen-bond acceptors (Lipinski definition) is 3. The van der Waals surface area contributed by atoms with Crippen LogP contribution in [0.4, 0.5) is 0 Å². The maximum atomic E-state index is 11.4. The first-order valence-electron chi connectivity index (χ1n) is 7.25. The molecule has 23 heavy (non-hydrogen) atoms. The number of para-hydroxylation sites is 1. The molecule has 2 atom stereocenters. The number of nitriles is 1. The molecule has 0 unspecified atom stereocenters. The molecule has 0 radical (unpaired) electrons. The van der Waals surface area contributed by atoms with Crippen LogP contribution in [-0.4, -0.2) is 15.5 Å². The summed E-state index contributed by atoms with van der Waals surface area (Å²) in [7, 11) is 1.90. The highest BCUT2D eigenvalue weighted by Gasteiger charge is 2.36. The lowest BCUT2D eigenvalue weighted by atomic mass is 9.85. The molecule has 3 aromatic rings. The van der Waals surface area contributed by atoms with E-state index in [2.05, 4.69) is 0 Å². The normalized spacial score (nSPS) is 13.4. The van der Waals surface area contributed by atoms with Gasteiger partial charge in [-0.1, -0.05) is 48.5 Å². The summed E-state index contributed by atoms with van der Waals surface area (Å²) in [6.45, 7) is 0. The van der Waals surface area contributed by atoms with Gasteiger partial charge in [-0.2, -0.15) is 5.26 Å². The van der Waals surface area contributed by atoms with Crippen molar-refractivity contribution in [3.05, 3.63) is 82.0 Å². The van der Waals surface area contributed by atoms with Crippen molar-refractivity contribution in [1.29, 1.82) is 5.26 Å². The third-order valence-electron chi connectivity index (χ3n) is 4.10. The summed E-state index contributed by atoms with van der Waals surface area (Å²) >= 11 is 0. The van der Waals surface area contributed by atoms with Crippen LogP contribution in [0.15, 0.2) is 60.8 Å². The Kier molecular flexibility index (Phi) is 3.82. The quantitative estimate of drug-likeness (QED) is 0.547. The summed E-state index contributed by atoms with van der Waals surface area (Å²) in [4.78, 5) is 10.9. The number of hydrogen-bond donors (Lipinski definition) is 0. The molecule has 0 fully saturated rings. The summed E-state index contributed by atoms with van der Waals surface area (Å²) in [5, 5.41) is 21.7. The third-order valence-corrected chi connectivity index (χ3v) is 4.10. The van der Waals surface area contributed by atoms with Crippen LogP contribution >= 0.6 is 0 Å². The molecular weight excluding hydrogens is 290 g/mol. The highest BCUT2D eigenvalue weighted by Crippen LogP contribution is 2.35. The van der Waals surface area contributed by atoms with E-state index in [9.17, 15) is 15.4 Å². The van der Waals surface area contributed by atoms with E-state index in [1.807, 2.05) is 78.5 Å². The van der Waals surface area contributed by atoms with E-state index in [0.717, 1.165) is 22.0 Å². The zero-order chi connectivity index (χ0) is 16.4. The molecule has 0 amide bonds. The van der Waals surface area contributed by atoms with Gasteiger partial charge in [0.1, 0.15) is 6.07 Å². The van der Waals surface area contributed by atoms with Gasteiger partial charge in [0.05, 0.1) is 5.92 Å². The van der Waals surface area contributed by atoms with Crippen molar-refractivity contribution in [3.63, 3.8) is 0 Å². The maximum absolute atomic E-state index is 11.4. The highest BCUT2D eigenvalue weighted by molar-refractivity contribution is 5.85. The van der Waals surface area contributed by atoms with Crippen LogP contribution in [0.5, 0.6) is 0 Å². The average Bonchev–Trinajstić information content (AvgIpc) is 2.90. The Morgan fingerprint density at radius 2 is 1.78 bits per heavy atom. The van der Waals surface area contributed by atoms with Crippen LogP contribution in [0.2, 0.25) is 0 Å². The molecule has 0 aliphatic rings.